The van der Waals surface area contributed by atoms with E-state index in [1.807, 2.05) is 6.92 Å². The van der Waals surface area contributed by atoms with E-state index in [4.69, 9.17) is 5.11 Å². The van der Waals surface area contributed by atoms with Gasteiger partial charge in [0.05, 0.1) is 6.61 Å². The van der Waals surface area contributed by atoms with Crippen molar-refractivity contribution in [2.45, 2.75) is 32.1 Å². The molecule has 0 radical (unpaired) electrons. The van der Waals surface area contributed by atoms with E-state index in [1.54, 1.807) is 0 Å². The molecule has 1 fully saturated rings. The summed E-state index contributed by atoms with van der Waals surface area (Å²) in [5, 5.41) is 8.97. The van der Waals surface area contributed by atoms with Gasteiger partial charge in [-0.05, 0) is 39.4 Å². The van der Waals surface area contributed by atoms with E-state index in [2.05, 4.69) is 28.0 Å². The Labute approximate surface area is 103 Å². The standard InChI is InChI=1S/C13H21N3O/c1-10-8-12(15-13(14-10)5-7-17)11-4-3-6-16(2)9-11/h8,11,17H,3-7,9H2,1-2H3. The van der Waals surface area contributed by atoms with Crippen LogP contribution in [0.4, 0.5) is 0 Å². The van der Waals surface area contributed by atoms with E-state index in [0.29, 0.717) is 12.3 Å². The molecule has 4 heteroatoms. The minimum absolute atomic E-state index is 0.119. The molecular formula is C13H21N3O. The normalized spacial score (nSPS) is 21.7. The first-order valence-corrected chi connectivity index (χ1v) is 6.33. The maximum Gasteiger partial charge on any atom is 0.131 e. The summed E-state index contributed by atoms with van der Waals surface area (Å²) in [5.74, 6) is 1.30. The van der Waals surface area contributed by atoms with Gasteiger partial charge in [-0.25, -0.2) is 9.97 Å². The average Bonchev–Trinajstić information content (AvgIpc) is 2.28. The van der Waals surface area contributed by atoms with Crippen LogP contribution in [0.15, 0.2) is 6.07 Å². The van der Waals surface area contributed by atoms with Crippen LogP contribution in [0.5, 0.6) is 0 Å². The van der Waals surface area contributed by atoms with Gasteiger partial charge in [-0.2, -0.15) is 0 Å². The van der Waals surface area contributed by atoms with E-state index in [1.165, 1.54) is 19.4 Å². The topological polar surface area (TPSA) is 49.2 Å². The van der Waals surface area contributed by atoms with E-state index < -0.39 is 0 Å². The van der Waals surface area contributed by atoms with Crippen molar-refractivity contribution in [1.29, 1.82) is 0 Å². The van der Waals surface area contributed by atoms with Crippen LogP contribution in [-0.4, -0.2) is 46.7 Å². The summed E-state index contributed by atoms with van der Waals surface area (Å²) in [7, 11) is 2.16. The molecular weight excluding hydrogens is 214 g/mol. The Kier molecular flexibility index (Phi) is 4.07. The molecule has 1 unspecified atom stereocenters. The number of aliphatic hydroxyl groups is 1. The highest BCUT2D eigenvalue weighted by atomic mass is 16.3. The molecule has 0 aromatic carbocycles. The quantitative estimate of drug-likeness (QED) is 0.853. The van der Waals surface area contributed by atoms with Crippen LogP contribution >= 0.6 is 0 Å². The molecule has 1 saturated heterocycles. The van der Waals surface area contributed by atoms with Crippen molar-refractivity contribution < 1.29 is 5.11 Å². The Balaban J connectivity index is 2.18. The summed E-state index contributed by atoms with van der Waals surface area (Å²) in [6, 6.07) is 2.09. The summed E-state index contributed by atoms with van der Waals surface area (Å²) in [6.45, 7) is 4.38. The fourth-order valence-corrected chi connectivity index (χ4v) is 2.48. The monoisotopic (exact) mass is 235 g/mol. The fraction of sp³-hybridized carbons (Fsp3) is 0.692. The van der Waals surface area contributed by atoms with Gasteiger partial charge >= 0.3 is 0 Å². The van der Waals surface area contributed by atoms with E-state index in [0.717, 1.165) is 23.8 Å². The first-order chi connectivity index (χ1) is 8.19. The second kappa shape index (κ2) is 5.56. The third-order valence-electron chi connectivity index (χ3n) is 3.30. The van der Waals surface area contributed by atoms with Crippen molar-refractivity contribution in [2.75, 3.05) is 26.7 Å². The molecule has 1 N–H and O–H groups in total. The second-order valence-electron chi connectivity index (χ2n) is 4.93. The predicted octanol–water partition coefficient (Wildman–Crippen LogP) is 1.13. The summed E-state index contributed by atoms with van der Waals surface area (Å²) >= 11 is 0. The van der Waals surface area contributed by atoms with Crippen LogP contribution in [0.2, 0.25) is 0 Å². The Morgan fingerprint density at radius 1 is 1.47 bits per heavy atom. The van der Waals surface area contributed by atoms with Gasteiger partial charge in [0, 0.05) is 30.3 Å². The highest BCUT2D eigenvalue weighted by molar-refractivity contribution is 5.15. The average molecular weight is 235 g/mol. The smallest absolute Gasteiger partial charge is 0.131 e. The third kappa shape index (κ3) is 3.23. The van der Waals surface area contributed by atoms with Gasteiger partial charge in [0.1, 0.15) is 5.82 Å². The molecule has 17 heavy (non-hydrogen) atoms. The maximum atomic E-state index is 8.97. The van der Waals surface area contributed by atoms with Gasteiger partial charge in [-0.3, -0.25) is 0 Å². The summed E-state index contributed by atoms with van der Waals surface area (Å²) in [4.78, 5) is 11.3. The number of aryl methyl sites for hydroxylation is 1. The molecule has 0 spiro atoms. The molecule has 1 aliphatic heterocycles. The van der Waals surface area contributed by atoms with Crippen molar-refractivity contribution in [2.24, 2.45) is 0 Å². The first kappa shape index (κ1) is 12.5. The molecule has 1 aliphatic rings. The zero-order chi connectivity index (χ0) is 12.3. The molecule has 2 heterocycles. The summed E-state index contributed by atoms with van der Waals surface area (Å²) in [6.07, 6.45) is 3.00. The van der Waals surface area contributed by atoms with E-state index >= 15 is 0 Å². The van der Waals surface area contributed by atoms with E-state index in [-0.39, 0.29) is 6.61 Å². The van der Waals surface area contributed by atoms with Crippen LogP contribution in [-0.2, 0) is 6.42 Å². The number of nitrogens with zero attached hydrogens (tertiary/aromatic N) is 3. The minimum atomic E-state index is 0.119. The van der Waals surface area contributed by atoms with Gasteiger partial charge in [0.25, 0.3) is 0 Å². The zero-order valence-electron chi connectivity index (χ0n) is 10.7. The van der Waals surface area contributed by atoms with Crippen LogP contribution in [0, 0.1) is 6.92 Å². The number of aliphatic hydroxyl groups excluding tert-OH is 1. The number of piperidine rings is 1. The lowest BCUT2D eigenvalue weighted by atomic mass is 9.94. The number of hydrogen-bond donors (Lipinski definition) is 1. The number of likely N-dealkylation sites (N-methyl/N-ethyl adjacent to an activating group) is 1. The van der Waals surface area contributed by atoms with Gasteiger partial charge in [-0.15, -0.1) is 0 Å². The lowest BCUT2D eigenvalue weighted by molar-refractivity contribution is 0.247. The van der Waals surface area contributed by atoms with Crippen LogP contribution in [0.3, 0.4) is 0 Å². The molecule has 1 aromatic heterocycles. The lowest BCUT2D eigenvalue weighted by Crippen LogP contribution is -2.31. The first-order valence-electron chi connectivity index (χ1n) is 6.33. The Bertz CT molecular complexity index is 381. The highest BCUT2D eigenvalue weighted by Gasteiger charge is 2.20. The van der Waals surface area contributed by atoms with Crippen LogP contribution in [0.25, 0.3) is 0 Å². The molecule has 2 rings (SSSR count). The zero-order valence-corrected chi connectivity index (χ0v) is 10.7. The molecule has 94 valence electrons. The van der Waals surface area contributed by atoms with E-state index in [9.17, 15) is 0 Å². The Hall–Kier alpha value is -1.00. The predicted molar refractivity (Wildman–Crippen MR) is 67.0 cm³/mol. The molecule has 1 aromatic rings. The number of aromatic nitrogens is 2. The van der Waals surface area contributed by atoms with Gasteiger partial charge in [0.2, 0.25) is 0 Å². The van der Waals surface area contributed by atoms with Crippen molar-refractivity contribution in [3.8, 4) is 0 Å². The molecule has 1 atom stereocenters. The molecule has 0 bridgehead atoms. The lowest BCUT2D eigenvalue weighted by Gasteiger charge is -2.29. The fourth-order valence-electron chi connectivity index (χ4n) is 2.48. The van der Waals surface area contributed by atoms with Crippen LogP contribution < -0.4 is 0 Å². The SMILES string of the molecule is Cc1cc(C2CCCN(C)C2)nc(CCO)n1. The molecule has 0 amide bonds. The Morgan fingerprint density at radius 2 is 2.29 bits per heavy atom. The van der Waals surface area contributed by atoms with Gasteiger partial charge in [-0.1, -0.05) is 0 Å². The Morgan fingerprint density at radius 3 is 3.00 bits per heavy atom. The number of likely N-dealkylation sites (tertiary alicyclic amines) is 1. The largest absolute Gasteiger partial charge is 0.396 e. The van der Waals surface area contributed by atoms with Crippen molar-refractivity contribution in [3.05, 3.63) is 23.3 Å². The summed E-state index contributed by atoms with van der Waals surface area (Å²) in [5.41, 5.74) is 2.15. The maximum absolute atomic E-state index is 8.97. The van der Waals surface area contributed by atoms with Gasteiger partial charge < -0.3 is 10.0 Å². The van der Waals surface area contributed by atoms with Crippen LogP contribution in [0.1, 0.15) is 36.0 Å². The van der Waals surface area contributed by atoms with Crippen molar-refractivity contribution in [3.63, 3.8) is 0 Å². The number of hydrogen-bond acceptors (Lipinski definition) is 4. The third-order valence-corrected chi connectivity index (χ3v) is 3.30. The molecule has 0 aliphatic carbocycles. The highest BCUT2D eigenvalue weighted by Crippen LogP contribution is 2.25. The molecule has 0 saturated carbocycles. The minimum Gasteiger partial charge on any atom is -0.396 e. The van der Waals surface area contributed by atoms with Crippen molar-refractivity contribution in [1.82, 2.24) is 14.9 Å². The summed E-state index contributed by atoms with van der Waals surface area (Å²) < 4.78 is 0. The van der Waals surface area contributed by atoms with Crippen molar-refractivity contribution >= 4 is 0 Å². The number of rotatable bonds is 3. The second-order valence-corrected chi connectivity index (χ2v) is 4.93. The molecule has 4 nitrogen and oxygen atoms in total. The van der Waals surface area contributed by atoms with Gasteiger partial charge in [0.15, 0.2) is 0 Å².